The summed E-state index contributed by atoms with van der Waals surface area (Å²) < 4.78 is 5.10. The van der Waals surface area contributed by atoms with Gasteiger partial charge in [0.25, 0.3) is 0 Å². The highest BCUT2D eigenvalue weighted by molar-refractivity contribution is 5.36. The van der Waals surface area contributed by atoms with Crippen molar-refractivity contribution in [3.05, 3.63) is 0 Å². The average molecular weight is 267 g/mol. The van der Waals surface area contributed by atoms with E-state index in [2.05, 4.69) is 60.2 Å². The Bertz CT molecular complexity index is 403. The maximum Gasteiger partial charge on any atom is 0.322 e. The van der Waals surface area contributed by atoms with Crippen molar-refractivity contribution in [2.45, 2.75) is 47.1 Å². The van der Waals surface area contributed by atoms with Crippen molar-refractivity contribution in [3.63, 3.8) is 0 Å². The smallest absolute Gasteiger partial charge is 0.322 e. The van der Waals surface area contributed by atoms with Crippen molar-refractivity contribution in [1.82, 2.24) is 15.0 Å². The Morgan fingerprint density at radius 1 is 1.16 bits per heavy atom. The molecular weight excluding hydrogens is 242 g/mol. The monoisotopic (exact) mass is 267 g/mol. The molecule has 1 heterocycles. The van der Waals surface area contributed by atoms with Crippen molar-refractivity contribution in [1.29, 1.82) is 0 Å². The van der Waals surface area contributed by atoms with Gasteiger partial charge in [-0.25, -0.2) is 0 Å². The summed E-state index contributed by atoms with van der Waals surface area (Å²) >= 11 is 0. The number of nitrogens with zero attached hydrogens (tertiary/aromatic N) is 3. The van der Waals surface area contributed by atoms with Crippen LogP contribution in [0.1, 0.15) is 41.0 Å². The molecule has 108 valence electrons. The fraction of sp³-hybridized carbons (Fsp3) is 0.769. The number of methoxy groups -OCH3 is 1. The van der Waals surface area contributed by atoms with Crippen molar-refractivity contribution >= 4 is 11.9 Å². The molecule has 0 amide bonds. The fourth-order valence-corrected chi connectivity index (χ4v) is 1.24. The van der Waals surface area contributed by atoms with E-state index in [1.807, 2.05) is 0 Å². The Morgan fingerprint density at radius 3 is 2.32 bits per heavy atom. The largest absolute Gasteiger partial charge is 0.467 e. The molecule has 0 bridgehead atoms. The third-order valence-electron chi connectivity index (χ3n) is 2.98. The minimum atomic E-state index is 0.122. The topological polar surface area (TPSA) is 72.0 Å². The molecule has 1 aromatic rings. The van der Waals surface area contributed by atoms with Crippen LogP contribution >= 0.6 is 0 Å². The van der Waals surface area contributed by atoms with E-state index in [9.17, 15) is 0 Å². The van der Waals surface area contributed by atoms with Gasteiger partial charge in [0, 0.05) is 12.6 Å². The number of nitrogens with one attached hydrogen (secondary N) is 2. The van der Waals surface area contributed by atoms with Crippen LogP contribution < -0.4 is 15.4 Å². The number of anilines is 2. The van der Waals surface area contributed by atoms with E-state index in [4.69, 9.17) is 4.74 Å². The van der Waals surface area contributed by atoms with Crippen LogP contribution in [0, 0.1) is 5.41 Å². The van der Waals surface area contributed by atoms with Crippen molar-refractivity contribution in [2.75, 3.05) is 24.3 Å². The number of hydrogen-bond acceptors (Lipinski definition) is 6. The van der Waals surface area contributed by atoms with Crippen molar-refractivity contribution in [2.24, 2.45) is 5.41 Å². The van der Waals surface area contributed by atoms with Crippen LogP contribution in [0.15, 0.2) is 0 Å². The van der Waals surface area contributed by atoms with Crippen molar-refractivity contribution in [3.8, 4) is 6.01 Å². The van der Waals surface area contributed by atoms with E-state index < -0.39 is 0 Å². The van der Waals surface area contributed by atoms with Crippen LogP contribution in [0.2, 0.25) is 0 Å². The second-order valence-electron chi connectivity index (χ2n) is 5.63. The highest BCUT2D eigenvalue weighted by Crippen LogP contribution is 2.22. The normalized spacial score (nSPS) is 12.9. The highest BCUT2D eigenvalue weighted by Gasteiger charge is 2.21. The number of hydrogen-bond donors (Lipinski definition) is 2. The summed E-state index contributed by atoms with van der Waals surface area (Å²) in [6.07, 6.45) is 1.01. The molecule has 0 saturated carbocycles. The number of ether oxygens (including phenoxy) is 1. The zero-order chi connectivity index (χ0) is 14.5. The summed E-state index contributed by atoms with van der Waals surface area (Å²) in [5, 5.41) is 6.43. The molecule has 0 aliphatic heterocycles. The molecule has 0 spiro atoms. The number of aromatic nitrogens is 3. The summed E-state index contributed by atoms with van der Waals surface area (Å²) in [6.45, 7) is 11.5. The first-order chi connectivity index (χ1) is 8.86. The van der Waals surface area contributed by atoms with E-state index in [-0.39, 0.29) is 11.5 Å². The van der Waals surface area contributed by atoms with E-state index in [0.29, 0.717) is 17.9 Å². The molecule has 6 nitrogen and oxygen atoms in total. The lowest BCUT2D eigenvalue weighted by Crippen LogP contribution is -2.31. The molecule has 6 heteroatoms. The molecule has 19 heavy (non-hydrogen) atoms. The molecule has 0 radical (unpaired) electrons. The Morgan fingerprint density at radius 2 is 1.79 bits per heavy atom. The molecule has 1 aromatic heterocycles. The molecule has 0 fully saturated rings. The molecule has 0 aliphatic rings. The molecule has 0 aliphatic carbocycles. The molecule has 0 saturated heterocycles. The maximum absolute atomic E-state index is 5.10. The van der Waals surface area contributed by atoms with Gasteiger partial charge < -0.3 is 15.4 Å². The molecular formula is C13H25N5O. The summed E-state index contributed by atoms with van der Waals surface area (Å²) in [7, 11) is 1.55. The second-order valence-corrected chi connectivity index (χ2v) is 5.63. The first-order valence-corrected chi connectivity index (χ1v) is 6.67. The van der Waals surface area contributed by atoms with Gasteiger partial charge in [0.05, 0.1) is 7.11 Å². The Kier molecular flexibility index (Phi) is 5.32. The van der Waals surface area contributed by atoms with Crippen molar-refractivity contribution < 1.29 is 4.74 Å². The van der Waals surface area contributed by atoms with Gasteiger partial charge in [-0.1, -0.05) is 27.7 Å². The Balaban J connectivity index is 2.87. The van der Waals surface area contributed by atoms with E-state index in [1.165, 1.54) is 0 Å². The van der Waals surface area contributed by atoms with Crippen LogP contribution in [0.5, 0.6) is 6.01 Å². The van der Waals surface area contributed by atoms with E-state index >= 15 is 0 Å². The lowest BCUT2D eigenvalue weighted by Gasteiger charge is -2.28. The number of rotatable bonds is 6. The van der Waals surface area contributed by atoms with Gasteiger partial charge in [-0.15, -0.1) is 0 Å². The van der Waals surface area contributed by atoms with E-state index in [1.54, 1.807) is 7.11 Å². The van der Waals surface area contributed by atoms with Crippen LogP contribution in [0.25, 0.3) is 0 Å². The van der Waals surface area contributed by atoms with Gasteiger partial charge >= 0.3 is 6.01 Å². The summed E-state index contributed by atoms with van der Waals surface area (Å²) in [4.78, 5) is 12.7. The fourth-order valence-electron chi connectivity index (χ4n) is 1.24. The molecule has 0 aromatic carbocycles. The van der Waals surface area contributed by atoms with Gasteiger partial charge in [0.2, 0.25) is 11.9 Å². The van der Waals surface area contributed by atoms with Crippen LogP contribution in [-0.4, -0.2) is 34.6 Å². The predicted molar refractivity (Wildman–Crippen MR) is 77.7 cm³/mol. The lowest BCUT2D eigenvalue weighted by atomic mass is 9.88. The molecule has 2 N–H and O–H groups in total. The van der Waals surface area contributed by atoms with Gasteiger partial charge in [-0.2, -0.15) is 15.0 Å². The average Bonchev–Trinajstić information content (AvgIpc) is 2.34. The minimum Gasteiger partial charge on any atom is -0.467 e. The van der Waals surface area contributed by atoms with Gasteiger partial charge in [0.1, 0.15) is 0 Å². The minimum absolute atomic E-state index is 0.122. The zero-order valence-corrected chi connectivity index (χ0v) is 12.7. The SMILES string of the molecule is CCCNc1nc(NC(C)C(C)(C)C)nc(OC)n1. The standard InChI is InChI=1S/C13H25N5O/c1-7-8-14-10-16-11(18-12(17-10)19-6)15-9(2)13(3,4)5/h9H,7-8H2,1-6H3,(H2,14,15,16,17,18). The maximum atomic E-state index is 5.10. The summed E-state index contributed by atoms with van der Waals surface area (Å²) in [6, 6.07) is 0.552. The first kappa shape index (κ1) is 15.5. The lowest BCUT2D eigenvalue weighted by molar-refractivity contribution is 0.355. The Labute approximate surface area is 115 Å². The summed E-state index contributed by atoms with van der Waals surface area (Å²) in [5.41, 5.74) is 0.122. The second kappa shape index (κ2) is 6.54. The third kappa shape index (κ3) is 4.89. The van der Waals surface area contributed by atoms with Gasteiger partial charge in [-0.3, -0.25) is 0 Å². The predicted octanol–water partition coefficient (Wildman–Crippen LogP) is 2.55. The van der Waals surface area contributed by atoms with Crippen LogP contribution in [-0.2, 0) is 0 Å². The Hall–Kier alpha value is -1.59. The highest BCUT2D eigenvalue weighted by atomic mass is 16.5. The van der Waals surface area contributed by atoms with E-state index in [0.717, 1.165) is 13.0 Å². The summed E-state index contributed by atoms with van der Waals surface area (Å²) in [5.74, 6) is 1.07. The molecule has 1 rings (SSSR count). The van der Waals surface area contributed by atoms with Crippen LogP contribution in [0.3, 0.4) is 0 Å². The van der Waals surface area contributed by atoms with Crippen LogP contribution in [0.4, 0.5) is 11.9 Å². The first-order valence-electron chi connectivity index (χ1n) is 6.67. The molecule has 1 atom stereocenters. The third-order valence-corrected chi connectivity index (χ3v) is 2.98. The zero-order valence-electron chi connectivity index (χ0n) is 12.7. The van der Waals surface area contributed by atoms with Gasteiger partial charge in [-0.05, 0) is 18.8 Å². The van der Waals surface area contributed by atoms with Gasteiger partial charge in [0.15, 0.2) is 0 Å². The molecule has 1 unspecified atom stereocenters. The quantitative estimate of drug-likeness (QED) is 0.825.